The number of aliphatic hydroxyl groups is 1. The van der Waals surface area contributed by atoms with Crippen LogP contribution in [0.3, 0.4) is 0 Å². The van der Waals surface area contributed by atoms with E-state index in [4.69, 9.17) is 0 Å². The highest BCUT2D eigenvalue weighted by atomic mass is 16.3. The first-order valence-electron chi connectivity index (χ1n) is 7.52. The van der Waals surface area contributed by atoms with Gasteiger partial charge in [0.25, 0.3) is 5.91 Å². The van der Waals surface area contributed by atoms with Crippen LogP contribution in [0.1, 0.15) is 15.9 Å². The molecule has 1 aliphatic rings. The molecule has 0 aromatic heterocycles. The van der Waals surface area contributed by atoms with Crippen LogP contribution in [0.2, 0.25) is 0 Å². The number of rotatable bonds is 4. The number of aliphatic hydroxyl groups excluding tert-OH is 1. The number of likely N-dealkylation sites (tertiary alicyclic amines) is 1. The van der Waals surface area contributed by atoms with Crippen molar-refractivity contribution in [3.63, 3.8) is 0 Å². The lowest BCUT2D eigenvalue weighted by Crippen LogP contribution is -2.42. The molecule has 3 rings (SSSR count). The van der Waals surface area contributed by atoms with Crippen LogP contribution in [0.15, 0.2) is 60.7 Å². The summed E-state index contributed by atoms with van der Waals surface area (Å²) in [5.41, 5.74) is 1.83. The lowest BCUT2D eigenvalue weighted by molar-refractivity contribution is 0.0888. The predicted octanol–water partition coefficient (Wildman–Crippen LogP) is 1.66. The van der Waals surface area contributed by atoms with Crippen LogP contribution in [-0.4, -0.2) is 41.1 Å². The molecule has 1 saturated heterocycles. The molecule has 4 nitrogen and oxygen atoms in total. The predicted molar refractivity (Wildman–Crippen MR) is 85.4 cm³/mol. The maximum Gasteiger partial charge on any atom is 0.251 e. The summed E-state index contributed by atoms with van der Waals surface area (Å²) < 4.78 is 0. The molecular formula is C18H20N2O2. The zero-order chi connectivity index (χ0) is 15.4. The first-order chi connectivity index (χ1) is 10.7. The minimum atomic E-state index is -0.531. The third-order valence-corrected chi connectivity index (χ3v) is 3.97. The van der Waals surface area contributed by atoms with Gasteiger partial charge in [0.15, 0.2) is 0 Å². The molecule has 0 unspecified atom stereocenters. The second-order valence-corrected chi connectivity index (χ2v) is 5.69. The summed E-state index contributed by atoms with van der Waals surface area (Å²) in [5, 5.41) is 13.1. The molecular weight excluding hydrogens is 276 g/mol. The van der Waals surface area contributed by atoms with Gasteiger partial charge in [-0.3, -0.25) is 9.69 Å². The molecule has 2 N–H and O–H groups in total. The molecule has 0 spiro atoms. The fraction of sp³-hybridized carbons (Fsp3) is 0.278. The Morgan fingerprint density at radius 1 is 1.05 bits per heavy atom. The SMILES string of the molecule is O=C(N[C@@H]1CN(Cc2ccccc2)C[C@H]1O)c1ccccc1. The van der Waals surface area contributed by atoms with Crippen molar-refractivity contribution in [2.75, 3.05) is 13.1 Å². The van der Waals surface area contributed by atoms with E-state index >= 15 is 0 Å². The van der Waals surface area contributed by atoms with Crippen molar-refractivity contribution in [2.45, 2.75) is 18.7 Å². The fourth-order valence-corrected chi connectivity index (χ4v) is 2.82. The van der Waals surface area contributed by atoms with E-state index in [1.54, 1.807) is 12.1 Å². The summed E-state index contributed by atoms with van der Waals surface area (Å²) in [6.07, 6.45) is -0.531. The largest absolute Gasteiger partial charge is 0.390 e. The first-order valence-corrected chi connectivity index (χ1v) is 7.52. The van der Waals surface area contributed by atoms with Crippen LogP contribution in [0, 0.1) is 0 Å². The molecule has 114 valence electrons. The van der Waals surface area contributed by atoms with E-state index in [1.807, 2.05) is 36.4 Å². The minimum absolute atomic E-state index is 0.133. The van der Waals surface area contributed by atoms with Gasteiger partial charge in [-0.1, -0.05) is 48.5 Å². The number of carbonyl (C=O) groups is 1. The third-order valence-electron chi connectivity index (χ3n) is 3.97. The van der Waals surface area contributed by atoms with E-state index in [9.17, 15) is 9.90 Å². The van der Waals surface area contributed by atoms with E-state index in [-0.39, 0.29) is 11.9 Å². The van der Waals surface area contributed by atoms with Crippen molar-refractivity contribution < 1.29 is 9.90 Å². The van der Waals surface area contributed by atoms with E-state index in [2.05, 4.69) is 22.3 Å². The Hall–Kier alpha value is -2.17. The Kier molecular flexibility index (Phi) is 4.51. The number of carbonyl (C=O) groups excluding carboxylic acids is 1. The highest BCUT2D eigenvalue weighted by molar-refractivity contribution is 5.94. The number of hydrogen-bond acceptors (Lipinski definition) is 3. The van der Waals surface area contributed by atoms with Crippen LogP contribution in [0.25, 0.3) is 0 Å². The summed E-state index contributed by atoms with van der Waals surface area (Å²) in [6.45, 7) is 2.03. The van der Waals surface area contributed by atoms with Gasteiger partial charge in [0.2, 0.25) is 0 Å². The lowest BCUT2D eigenvalue weighted by Gasteiger charge is -2.17. The highest BCUT2D eigenvalue weighted by Crippen LogP contribution is 2.14. The number of nitrogens with zero attached hydrogens (tertiary/aromatic N) is 1. The van der Waals surface area contributed by atoms with Gasteiger partial charge < -0.3 is 10.4 Å². The quantitative estimate of drug-likeness (QED) is 0.902. The van der Waals surface area contributed by atoms with Gasteiger partial charge in [-0.05, 0) is 17.7 Å². The molecule has 0 saturated carbocycles. The summed E-state index contributed by atoms with van der Waals surface area (Å²) in [6, 6.07) is 19.0. The van der Waals surface area contributed by atoms with Crippen molar-refractivity contribution in [1.82, 2.24) is 10.2 Å². The minimum Gasteiger partial charge on any atom is -0.390 e. The Bertz CT molecular complexity index is 615. The van der Waals surface area contributed by atoms with Crippen LogP contribution >= 0.6 is 0 Å². The molecule has 0 radical (unpaired) electrons. The molecule has 2 aromatic carbocycles. The molecule has 4 heteroatoms. The topological polar surface area (TPSA) is 52.6 Å². The van der Waals surface area contributed by atoms with Crippen molar-refractivity contribution in [1.29, 1.82) is 0 Å². The average Bonchev–Trinajstić information content (AvgIpc) is 2.88. The number of amides is 1. The Labute approximate surface area is 130 Å². The van der Waals surface area contributed by atoms with Gasteiger partial charge >= 0.3 is 0 Å². The van der Waals surface area contributed by atoms with E-state index in [1.165, 1.54) is 5.56 Å². The molecule has 0 aliphatic carbocycles. The van der Waals surface area contributed by atoms with Crippen LogP contribution in [-0.2, 0) is 6.54 Å². The molecule has 2 atom stereocenters. The van der Waals surface area contributed by atoms with Crippen LogP contribution in [0.4, 0.5) is 0 Å². The maximum atomic E-state index is 12.2. The molecule has 1 amide bonds. The van der Waals surface area contributed by atoms with Gasteiger partial charge in [0.05, 0.1) is 12.1 Å². The highest BCUT2D eigenvalue weighted by Gasteiger charge is 2.32. The fourth-order valence-electron chi connectivity index (χ4n) is 2.82. The van der Waals surface area contributed by atoms with Gasteiger partial charge in [-0.15, -0.1) is 0 Å². The zero-order valence-corrected chi connectivity index (χ0v) is 12.4. The normalized spacial score (nSPS) is 21.7. The monoisotopic (exact) mass is 296 g/mol. The molecule has 1 aliphatic heterocycles. The first kappa shape index (κ1) is 14.8. The second-order valence-electron chi connectivity index (χ2n) is 5.69. The smallest absolute Gasteiger partial charge is 0.251 e. The van der Waals surface area contributed by atoms with Crippen molar-refractivity contribution >= 4 is 5.91 Å². The Morgan fingerprint density at radius 2 is 1.68 bits per heavy atom. The van der Waals surface area contributed by atoms with Gasteiger partial charge in [-0.25, -0.2) is 0 Å². The van der Waals surface area contributed by atoms with Crippen molar-refractivity contribution in [3.8, 4) is 0 Å². The van der Waals surface area contributed by atoms with Crippen LogP contribution in [0.5, 0.6) is 0 Å². The number of nitrogens with one attached hydrogen (secondary N) is 1. The number of hydrogen-bond donors (Lipinski definition) is 2. The molecule has 0 bridgehead atoms. The molecule has 22 heavy (non-hydrogen) atoms. The average molecular weight is 296 g/mol. The molecule has 2 aromatic rings. The van der Waals surface area contributed by atoms with E-state index < -0.39 is 6.10 Å². The third kappa shape index (κ3) is 3.53. The van der Waals surface area contributed by atoms with Crippen LogP contribution < -0.4 is 5.32 Å². The summed E-state index contributed by atoms with van der Waals surface area (Å²) >= 11 is 0. The van der Waals surface area contributed by atoms with Crippen molar-refractivity contribution in [3.05, 3.63) is 71.8 Å². The summed E-state index contributed by atoms with van der Waals surface area (Å²) in [7, 11) is 0. The van der Waals surface area contributed by atoms with Gasteiger partial charge in [0, 0.05) is 25.2 Å². The second kappa shape index (κ2) is 6.73. The van der Waals surface area contributed by atoms with Gasteiger partial charge in [0.1, 0.15) is 0 Å². The van der Waals surface area contributed by atoms with Gasteiger partial charge in [-0.2, -0.15) is 0 Å². The molecule has 1 fully saturated rings. The van der Waals surface area contributed by atoms with Crippen molar-refractivity contribution in [2.24, 2.45) is 0 Å². The van der Waals surface area contributed by atoms with E-state index in [0.717, 1.165) is 6.54 Å². The lowest BCUT2D eigenvalue weighted by atomic mass is 10.1. The zero-order valence-electron chi connectivity index (χ0n) is 12.4. The molecule has 1 heterocycles. The number of benzene rings is 2. The number of β-amino-alcohol motifs (C(OH)–C–C–N with tert-alkyl or cyclic N) is 1. The Morgan fingerprint density at radius 3 is 2.36 bits per heavy atom. The standard InChI is InChI=1S/C18H20N2O2/c21-17-13-20(11-14-7-3-1-4-8-14)12-16(17)19-18(22)15-9-5-2-6-10-15/h1-10,16-17,21H,11-13H2,(H,19,22)/t16-,17-/m1/s1. The summed E-state index contributed by atoms with van der Waals surface area (Å²) in [4.78, 5) is 14.3. The Balaban J connectivity index is 1.58. The van der Waals surface area contributed by atoms with E-state index in [0.29, 0.717) is 18.7 Å². The summed E-state index contributed by atoms with van der Waals surface area (Å²) in [5.74, 6) is -0.133. The maximum absolute atomic E-state index is 12.2.